The molecule has 0 aromatic heterocycles. The number of carboxylic acid groups (broad SMARTS) is 1. The fourth-order valence-corrected chi connectivity index (χ4v) is 2.09. The predicted octanol–water partition coefficient (Wildman–Crippen LogP) is 0.709. The number of nitrogens with one attached hydrogen (secondary N) is 1. The van der Waals surface area contributed by atoms with E-state index in [-0.39, 0.29) is 19.1 Å². The number of carbonyl (C=O) groups excluding carboxylic acids is 1. The van der Waals surface area contributed by atoms with Gasteiger partial charge in [-0.05, 0) is 37.6 Å². The van der Waals surface area contributed by atoms with Crippen molar-refractivity contribution in [1.82, 2.24) is 0 Å². The van der Waals surface area contributed by atoms with Gasteiger partial charge in [-0.15, -0.1) is 0 Å². The highest BCUT2D eigenvalue weighted by molar-refractivity contribution is 5.95. The van der Waals surface area contributed by atoms with Gasteiger partial charge in [0.15, 0.2) is 6.61 Å². The number of nitrogens with two attached hydrogens (primary N) is 1. The van der Waals surface area contributed by atoms with Gasteiger partial charge in [-0.25, -0.2) is 0 Å². The summed E-state index contributed by atoms with van der Waals surface area (Å²) in [6.45, 7) is 1.86. The van der Waals surface area contributed by atoms with Gasteiger partial charge < -0.3 is 20.9 Å². The number of amides is 1. The normalized spacial score (nSPS) is 16.8. The molecule has 4 N–H and O–H groups in total. The highest BCUT2D eigenvalue weighted by atomic mass is 16.5. The second-order valence-electron chi connectivity index (χ2n) is 4.72. The summed E-state index contributed by atoms with van der Waals surface area (Å²) in [7, 11) is 0. The van der Waals surface area contributed by atoms with Gasteiger partial charge in [0.2, 0.25) is 0 Å². The number of anilines is 1. The summed E-state index contributed by atoms with van der Waals surface area (Å²) in [6.07, 6.45) is 0.315. The molecule has 1 heterocycles. The monoisotopic (exact) mass is 264 g/mol. The number of carboxylic acids is 1. The minimum atomic E-state index is -1.08. The zero-order valence-corrected chi connectivity index (χ0v) is 10.6. The molecule has 6 nitrogen and oxygen atoms in total. The summed E-state index contributed by atoms with van der Waals surface area (Å²) in [5.41, 5.74) is 5.51. The number of carbonyl (C=O) groups is 2. The number of hydrogen-bond acceptors (Lipinski definition) is 4. The number of aliphatic carboxylic acids is 1. The lowest BCUT2D eigenvalue weighted by Crippen LogP contribution is -2.35. The summed E-state index contributed by atoms with van der Waals surface area (Å²) in [5.74, 6) is -0.648. The second kappa shape index (κ2) is 4.89. The van der Waals surface area contributed by atoms with Crippen molar-refractivity contribution in [3.05, 3.63) is 23.8 Å². The Balaban J connectivity index is 2.42. The molecule has 0 saturated carbocycles. The van der Waals surface area contributed by atoms with Crippen LogP contribution in [0.2, 0.25) is 0 Å². The van der Waals surface area contributed by atoms with Crippen molar-refractivity contribution in [3.8, 4) is 5.75 Å². The second-order valence-corrected chi connectivity index (χ2v) is 4.72. The first-order valence-electron chi connectivity index (χ1n) is 5.98. The fourth-order valence-electron chi connectivity index (χ4n) is 2.09. The van der Waals surface area contributed by atoms with E-state index in [1.807, 2.05) is 0 Å². The highest BCUT2D eigenvalue weighted by Gasteiger charge is 2.35. The van der Waals surface area contributed by atoms with Crippen LogP contribution in [0.15, 0.2) is 18.2 Å². The third-order valence-electron chi connectivity index (χ3n) is 3.37. The molecule has 6 heteroatoms. The lowest BCUT2D eigenvalue weighted by molar-refractivity contribution is -0.143. The van der Waals surface area contributed by atoms with E-state index in [9.17, 15) is 14.7 Å². The minimum Gasteiger partial charge on any atom is -0.482 e. The van der Waals surface area contributed by atoms with Crippen LogP contribution in [0.25, 0.3) is 0 Å². The SMILES string of the molecule is CC(CCN)(C(=O)O)c1ccc2c(c1)NC(=O)CO2. The summed E-state index contributed by atoms with van der Waals surface area (Å²) >= 11 is 0. The number of rotatable bonds is 4. The highest BCUT2D eigenvalue weighted by Crippen LogP contribution is 2.35. The van der Waals surface area contributed by atoms with Gasteiger partial charge in [0.05, 0.1) is 11.1 Å². The van der Waals surface area contributed by atoms with E-state index in [1.54, 1.807) is 25.1 Å². The Morgan fingerprint density at radius 1 is 1.58 bits per heavy atom. The Morgan fingerprint density at radius 2 is 2.32 bits per heavy atom. The Morgan fingerprint density at radius 3 is 2.95 bits per heavy atom. The van der Waals surface area contributed by atoms with Crippen molar-refractivity contribution in [2.45, 2.75) is 18.8 Å². The molecule has 1 amide bonds. The molecular formula is C13H16N2O4. The first kappa shape index (κ1) is 13.4. The van der Waals surface area contributed by atoms with Crippen LogP contribution in [-0.2, 0) is 15.0 Å². The Kier molecular flexibility index (Phi) is 3.44. The topological polar surface area (TPSA) is 102 Å². The molecule has 102 valence electrons. The molecule has 1 aromatic rings. The van der Waals surface area contributed by atoms with Gasteiger partial charge in [0.1, 0.15) is 5.75 Å². The van der Waals surface area contributed by atoms with Gasteiger partial charge in [0.25, 0.3) is 5.91 Å². The largest absolute Gasteiger partial charge is 0.482 e. The molecule has 0 radical (unpaired) electrons. The van der Waals surface area contributed by atoms with Crippen molar-refractivity contribution in [1.29, 1.82) is 0 Å². The van der Waals surface area contributed by atoms with Crippen LogP contribution in [0, 0.1) is 0 Å². The van der Waals surface area contributed by atoms with Gasteiger partial charge in [-0.3, -0.25) is 9.59 Å². The maximum Gasteiger partial charge on any atom is 0.313 e. The van der Waals surface area contributed by atoms with Gasteiger partial charge >= 0.3 is 5.97 Å². The van der Waals surface area contributed by atoms with Crippen LogP contribution >= 0.6 is 0 Å². The maximum absolute atomic E-state index is 11.5. The molecule has 0 aliphatic carbocycles. The summed E-state index contributed by atoms with van der Waals surface area (Å²) in [6, 6.07) is 5.00. The lowest BCUT2D eigenvalue weighted by Gasteiger charge is -2.27. The van der Waals surface area contributed by atoms with Crippen molar-refractivity contribution in [3.63, 3.8) is 0 Å². The van der Waals surface area contributed by atoms with Crippen LogP contribution in [0.5, 0.6) is 5.75 Å². The molecule has 2 rings (SSSR count). The van der Waals surface area contributed by atoms with Crippen LogP contribution in [-0.4, -0.2) is 30.1 Å². The summed E-state index contributed by atoms with van der Waals surface area (Å²) in [5, 5.41) is 12.1. The Labute approximate surface area is 110 Å². The molecule has 1 aliphatic heterocycles. The van der Waals surface area contributed by atoms with Gasteiger partial charge in [-0.1, -0.05) is 6.07 Å². The number of fused-ring (bicyclic) bond motifs is 1. The number of hydrogen-bond donors (Lipinski definition) is 3. The van der Waals surface area contributed by atoms with Crippen molar-refractivity contribution >= 4 is 17.6 Å². The Hall–Kier alpha value is -2.08. The van der Waals surface area contributed by atoms with E-state index in [2.05, 4.69) is 5.32 Å². The smallest absolute Gasteiger partial charge is 0.313 e. The molecule has 1 aliphatic rings. The maximum atomic E-state index is 11.5. The Bertz CT molecular complexity index is 529. The molecular weight excluding hydrogens is 248 g/mol. The van der Waals surface area contributed by atoms with Gasteiger partial charge in [-0.2, -0.15) is 0 Å². The lowest BCUT2D eigenvalue weighted by atomic mass is 9.79. The van der Waals surface area contributed by atoms with Crippen molar-refractivity contribution in [2.24, 2.45) is 5.73 Å². The zero-order valence-electron chi connectivity index (χ0n) is 10.6. The molecule has 1 unspecified atom stereocenters. The number of benzene rings is 1. The van der Waals surface area contributed by atoms with E-state index >= 15 is 0 Å². The summed E-state index contributed by atoms with van der Waals surface area (Å²) in [4.78, 5) is 22.7. The van der Waals surface area contributed by atoms with Crippen LogP contribution in [0.1, 0.15) is 18.9 Å². The third-order valence-corrected chi connectivity index (χ3v) is 3.37. The summed E-state index contributed by atoms with van der Waals surface area (Å²) < 4.78 is 5.24. The van der Waals surface area contributed by atoms with Crippen LogP contribution in [0.4, 0.5) is 5.69 Å². The van der Waals surface area contributed by atoms with E-state index in [4.69, 9.17) is 10.5 Å². The van der Waals surface area contributed by atoms with Crippen molar-refractivity contribution in [2.75, 3.05) is 18.5 Å². The molecule has 0 fully saturated rings. The first-order chi connectivity index (χ1) is 8.97. The standard InChI is InChI=1S/C13H16N2O4/c1-13(4-5-14,12(17)18)8-2-3-10-9(6-8)15-11(16)7-19-10/h2-3,6H,4-5,7,14H2,1H3,(H,15,16)(H,17,18). The van der Waals surface area contributed by atoms with E-state index < -0.39 is 11.4 Å². The molecule has 0 bridgehead atoms. The van der Waals surface area contributed by atoms with E-state index in [0.717, 1.165) is 0 Å². The molecule has 1 aromatic carbocycles. The molecule has 0 saturated heterocycles. The average molecular weight is 264 g/mol. The molecule has 0 spiro atoms. The van der Waals surface area contributed by atoms with Gasteiger partial charge in [0, 0.05) is 0 Å². The quantitative estimate of drug-likeness (QED) is 0.743. The fraction of sp³-hybridized carbons (Fsp3) is 0.385. The van der Waals surface area contributed by atoms with E-state index in [1.165, 1.54) is 0 Å². The molecule has 19 heavy (non-hydrogen) atoms. The zero-order chi connectivity index (χ0) is 14.0. The number of ether oxygens (including phenoxy) is 1. The predicted molar refractivity (Wildman–Crippen MR) is 69.2 cm³/mol. The van der Waals surface area contributed by atoms with Crippen LogP contribution in [0.3, 0.4) is 0 Å². The van der Waals surface area contributed by atoms with E-state index in [0.29, 0.717) is 23.4 Å². The average Bonchev–Trinajstić information content (AvgIpc) is 2.37. The van der Waals surface area contributed by atoms with Crippen LogP contribution < -0.4 is 15.8 Å². The minimum absolute atomic E-state index is 0.0225. The third kappa shape index (κ3) is 2.39. The van der Waals surface area contributed by atoms with Crippen molar-refractivity contribution < 1.29 is 19.4 Å². The molecule has 1 atom stereocenters. The first-order valence-corrected chi connectivity index (χ1v) is 5.98.